The van der Waals surface area contributed by atoms with Gasteiger partial charge >= 0.3 is 0 Å². The summed E-state index contributed by atoms with van der Waals surface area (Å²) in [5.74, 6) is 0. The molecule has 2 fully saturated rings. The molecule has 1 nitrogen and oxygen atoms in total. The maximum Gasteiger partial charge on any atom is 0.00507 e. The summed E-state index contributed by atoms with van der Waals surface area (Å²) in [5, 5.41) is 0. The van der Waals surface area contributed by atoms with Crippen LogP contribution in [0.1, 0.15) is 33.6 Å². The Bertz CT molecular complexity index is 154. The molecule has 1 heterocycles. The van der Waals surface area contributed by atoms with Crippen LogP contribution in [-0.2, 0) is 0 Å². The number of nitrogens with zero attached hydrogens (tertiary/aromatic N) is 1. The van der Waals surface area contributed by atoms with Gasteiger partial charge in [0.2, 0.25) is 0 Å². The molecule has 0 radical (unpaired) electrons. The van der Waals surface area contributed by atoms with Crippen LogP contribution in [0.4, 0.5) is 0 Å². The molecule has 0 aromatic heterocycles. The Morgan fingerprint density at radius 2 is 1.73 bits per heavy atom. The molecule has 0 amide bonds. The van der Waals surface area contributed by atoms with E-state index in [2.05, 4.69) is 25.7 Å². The van der Waals surface area contributed by atoms with E-state index in [1.54, 1.807) is 0 Å². The second kappa shape index (κ2) is 2.01. The zero-order valence-electron chi connectivity index (χ0n) is 7.98. The number of hydrogen-bond donors (Lipinski definition) is 0. The fraction of sp³-hybridized carbons (Fsp3) is 1.00. The molecule has 64 valence electrons. The highest BCUT2D eigenvalue weighted by atomic mass is 15.2. The fourth-order valence-electron chi connectivity index (χ4n) is 2.18. The number of rotatable bonds is 1. The van der Waals surface area contributed by atoms with Crippen molar-refractivity contribution in [2.75, 3.05) is 19.6 Å². The predicted molar refractivity (Wildman–Crippen MR) is 47.6 cm³/mol. The van der Waals surface area contributed by atoms with E-state index in [4.69, 9.17) is 0 Å². The van der Waals surface area contributed by atoms with Gasteiger partial charge in [-0.25, -0.2) is 0 Å². The molecular weight excluding hydrogens is 134 g/mol. The third kappa shape index (κ3) is 1.58. The molecule has 1 spiro atoms. The first kappa shape index (κ1) is 7.60. The molecule has 0 atom stereocenters. The van der Waals surface area contributed by atoms with Crippen molar-refractivity contribution in [2.24, 2.45) is 10.8 Å². The van der Waals surface area contributed by atoms with Crippen LogP contribution >= 0.6 is 0 Å². The van der Waals surface area contributed by atoms with Crippen LogP contribution in [0.5, 0.6) is 0 Å². The summed E-state index contributed by atoms with van der Waals surface area (Å²) < 4.78 is 0. The van der Waals surface area contributed by atoms with Crippen LogP contribution in [0, 0.1) is 10.8 Å². The third-order valence-electron chi connectivity index (χ3n) is 2.77. The Labute approximate surface area is 69.8 Å². The average Bonchev–Trinajstić information content (AvgIpc) is 2.38. The predicted octanol–water partition coefficient (Wildman–Crippen LogP) is 2.13. The van der Waals surface area contributed by atoms with Gasteiger partial charge in [0.25, 0.3) is 0 Å². The molecule has 1 aliphatic carbocycles. The van der Waals surface area contributed by atoms with Crippen molar-refractivity contribution in [1.82, 2.24) is 4.90 Å². The van der Waals surface area contributed by atoms with E-state index in [0.717, 1.165) is 5.41 Å². The SMILES string of the molecule is CC(C)(C)CN1CC2(CC2)C1. The van der Waals surface area contributed by atoms with E-state index in [1.807, 2.05) is 0 Å². The van der Waals surface area contributed by atoms with Gasteiger partial charge in [-0.1, -0.05) is 20.8 Å². The van der Waals surface area contributed by atoms with E-state index in [1.165, 1.54) is 32.5 Å². The summed E-state index contributed by atoms with van der Waals surface area (Å²) in [6.45, 7) is 11.0. The van der Waals surface area contributed by atoms with E-state index in [9.17, 15) is 0 Å². The van der Waals surface area contributed by atoms with Crippen LogP contribution in [0.15, 0.2) is 0 Å². The van der Waals surface area contributed by atoms with Crippen LogP contribution in [-0.4, -0.2) is 24.5 Å². The summed E-state index contributed by atoms with van der Waals surface area (Å²) in [6.07, 6.45) is 3.02. The van der Waals surface area contributed by atoms with E-state index in [-0.39, 0.29) is 0 Å². The highest BCUT2D eigenvalue weighted by molar-refractivity contribution is 5.05. The topological polar surface area (TPSA) is 3.24 Å². The quantitative estimate of drug-likeness (QED) is 0.558. The van der Waals surface area contributed by atoms with Crippen LogP contribution < -0.4 is 0 Å². The van der Waals surface area contributed by atoms with E-state index < -0.39 is 0 Å². The zero-order valence-corrected chi connectivity index (χ0v) is 7.98. The van der Waals surface area contributed by atoms with Crippen LogP contribution in [0.2, 0.25) is 0 Å². The van der Waals surface area contributed by atoms with Crippen molar-refractivity contribution >= 4 is 0 Å². The Kier molecular flexibility index (Phi) is 1.39. The molecule has 11 heavy (non-hydrogen) atoms. The highest BCUT2D eigenvalue weighted by Crippen LogP contribution is 2.53. The summed E-state index contributed by atoms with van der Waals surface area (Å²) in [4.78, 5) is 2.60. The first-order valence-electron chi connectivity index (χ1n) is 4.72. The largest absolute Gasteiger partial charge is 0.302 e. The van der Waals surface area contributed by atoms with Crippen molar-refractivity contribution in [3.63, 3.8) is 0 Å². The summed E-state index contributed by atoms with van der Waals surface area (Å²) >= 11 is 0. The van der Waals surface area contributed by atoms with Crippen molar-refractivity contribution in [2.45, 2.75) is 33.6 Å². The lowest BCUT2D eigenvalue weighted by atomic mass is 9.90. The van der Waals surface area contributed by atoms with Gasteiger partial charge in [-0.3, -0.25) is 0 Å². The lowest BCUT2D eigenvalue weighted by molar-refractivity contribution is 0.0485. The van der Waals surface area contributed by atoms with Gasteiger partial charge in [0.15, 0.2) is 0 Å². The highest BCUT2D eigenvalue weighted by Gasteiger charge is 2.52. The fourth-order valence-corrected chi connectivity index (χ4v) is 2.18. The lowest BCUT2D eigenvalue weighted by Gasteiger charge is -2.43. The summed E-state index contributed by atoms with van der Waals surface area (Å²) in [7, 11) is 0. The normalized spacial score (nSPS) is 28.6. The number of hydrogen-bond acceptors (Lipinski definition) is 1. The molecule has 2 aliphatic rings. The van der Waals surface area contributed by atoms with Gasteiger partial charge in [-0.2, -0.15) is 0 Å². The maximum absolute atomic E-state index is 2.60. The lowest BCUT2D eigenvalue weighted by Crippen LogP contribution is -2.51. The Hall–Kier alpha value is -0.0400. The molecular formula is C10H19N. The third-order valence-corrected chi connectivity index (χ3v) is 2.77. The minimum Gasteiger partial charge on any atom is -0.302 e. The van der Waals surface area contributed by atoms with Crippen LogP contribution in [0.3, 0.4) is 0 Å². The monoisotopic (exact) mass is 153 g/mol. The van der Waals surface area contributed by atoms with Gasteiger partial charge in [-0.05, 0) is 23.7 Å². The van der Waals surface area contributed by atoms with Crippen LogP contribution in [0.25, 0.3) is 0 Å². The van der Waals surface area contributed by atoms with E-state index >= 15 is 0 Å². The van der Waals surface area contributed by atoms with Crippen molar-refractivity contribution in [3.05, 3.63) is 0 Å². The maximum atomic E-state index is 2.60. The molecule has 1 saturated carbocycles. The number of likely N-dealkylation sites (tertiary alicyclic amines) is 1. The van der Waals surface area contributed by atoms with Gasteiger partial charge in [-0.15, -0.1) is 0 Å². The van der Waals surface area contributed by atoms with Gasteiger partial charge in [0.1, 0.15) is 0 Å². The Morgan fingerprint density at radius 1 is 1.18 bits per heavy atom. The molecule has 1 saturated heterocycles. The molecule has 0 aromatic rings. The average molecular weight is 153 g/mol. The van der Waals surface area contributed by atoms with Gasteiger partial charge in [0.05, 0.1) is 0 Å². The minimum atomic E-state index is 0.497. The minimum absolute atomic E-state index is 0.497. The van der Waals surface area contributed by atoms with E-state index in [0.29, 0.717) is 5.41 Å². The molecule has 0 bridgehead atoms. The smallest absolute Gasteiger partial charge is 0.00507 e. The van der Waals surface area contributed by atoms with Crippen molar-refractivity contribution < 1.29 is 0 Å². The zero-order chi connectivity index (χ0) is 8.11. The summed E-state index contributed by atoms with van der Waals surface area (Å²) in [5.41, 5.74) is 1.34. The second-order valence-corrected chi connectivity index (χ2v) is 5.71. The molecule has 0 aromatic carbocycles. The molecule has 1 aliphatic heterocycles. The Morgan fingerprint density at radius 3 is 2.09 bits per heavy atom. The molecule has 2 rings (SSSR count). The van der Waals surface area contributed by atoms with Crippen molar-refractivity contribution in [3.8, 4) is 0 Å². The van der Waals surface area contributed by atoms with Gasteiger partial charge in [0, 0.05) is 19.6 Å². The molecule has 0 unspecified atom stereocenters. The first-order valence-corrected chi connectivity index (χ1v) is 4.72. The van der Waals surface area contributed by atoms with Crippen molar-refractivity contribution in [1.29, 1.82) is 0 Å². The summed E-state index contributed by atoms with van der Waals surface area (Å²) in [6, 6.07) is 0. The standard InChI is InChI=1S/C10H19N/c1-9(2,3)6-11-7-10(8-11)4-5-10/h4-8H2,1-3H3. The second-order valence-electron chi connectivity index (χ2n) is 5.71. The molecule has 1 heteroatoms. The first-order chi connectivity index (χ1) is 4.99. The van der Waals surface area contributed by atoms with Gasteiger partial charge < -0.3 is 4.90 Å². The molecule has 0 N–H and O–H groups in total. The Balaban J connectivity index is 1.75.